The number of alkyl halides is 2. The van der Waals surface area contributed by atoms with Crippen LogP contribution in [0.25, 0.3) is 0 Å². The van der Waals surface area contributed by atoms with Gasteiger partial charge in [0, 0.05) is 6.20 Å². The van der Waals surface area contributed by atoms with Gasteiger partial charge in [-0.1, -0.05) is 50.2 Å². The van der Waals surface area contributed by atoms with Gasteiger partial charge in [-0.05, 0) is 23.6 Å². The molecule has 30 heavy (non-hydrogen) atoms. The second-order valence-corrected chi connectivity index (χ2v) is 7.05. The number of aliphatic hydroxyl groups excluding tert-OH is 1. The smallest absolute Gasteiger partial charge is 0.407 e. The highest BCUT2D eigenvalue weighted by molar-refractivity contribution is 5.84. The molecule has 2 atom stereocenters. The van der Waals surface area contributed by atoms with E-state index in [0.29, 0.717) is 11.3 Å². The molecule has 0 aliphatic carbocycles. The maximum atomic E-state index is 14.6. The summed E-state index contributed by atoms with van der Waals surface area (Å²) in [5, 5.41) is 14.5. The molecule has 0 spiro atoms. The van der Waals surface area contributed by atoms with Gasteiger partial charge in [0.1, 0.15) is 12.7 Å². The lowest BCUT2D eigenvalue weighted by molar-refractivity contribution is -0.168. The number of nitrogens with one attached hydrogen (secondary N) is 2. The van der Waals surface area contributed by atoms with E-state index < -0.39 is 36.0 Å². The summed E-state index contributed by atoms with van der Waals surface area (Å²) in [6.07, 6.45) is -1.96. The third-order valence-electron chi connectivity index (χ3n) is 4.39. The van der Waals surface area contributed by atoms with E-state index in [1.807, 2.05) is 0 Å². The zero-order valence-corrected chi connectivity index (χ0v) is 16.7. The van der Waals surface area contributed by atoms with Crippen LogP contribution in [0.4, 0.5) is 13.6 Å². The third-order valence-corrected chi connectivity index (χ3v) is 4.39. The average Bonchev–Trinajstić information content (AvgIpc) is 2.75. The summed E-state index contributed by atoms with van der Waals surface area (Å²) < 4.78 is 34.1. The molecule has 3 N–H and O–H groups in total. The number of nitrogens with zero attached hydrogens (tertiary/aromatic N) is 1. The summed E-state index contributed by atoms with van der Waals surface area (Å²) >= 11 is 0. The molecule has 1 aromatic heterocycles. The molecule has 0 aliphatic rings. The number of amides is 2. The third kappa shape index (κ3) is 6.48. The van der Waals surface area contributed by atoms with Crippen molar-refractivity contribution in [2.24, 2.45) is 5.92 Å². The number of rotatable bonds is 9. The molecule has 0 saturated heterocycles. The van der Waals surface area contributed by atoms with Gasteiger partial charge in [0.25, 0.3) is 5.91 Å². The topological polar surface area (TPSA) is 101 Å². The maximum absolute atomic E-state index is 14.6. The van der Waals surface area contributed by atoms with Crippen LogP contribution in [0.15, 0.2) is 54.7 Å². The van der Waals surface area contributed by atoms with Crippen LogP contribution in [0.2, 0.25) is 0 Å². The molecule has 0 aliphatic heterocycles. The first-order chi connectivity index (χ1) is 14.2. The minimum atomic E-state index is -4.14. The van der Waals surface area contributed by atoms with Gasteiger partial charge in [0.05, 0.1) is 18.3 Å². The predicted molar refractivity (Wildman–Crippen MR) is 105 cm³/mol. The first-order valence-corrected chi connectivity index (χ1v) is 9.43. The van der Waals surface area contributed by atoms with Crippen molar-refractivity contribution in [3.8, 4) is 0 Å². The van der Waals surface area contributed by atoms with Gasteiger partial charge >= 0.3 is 12.0 Å². The van der Waals surface area contributed by atoms with Crippen molar-refractivity contribution in [2.75, 3.05) is 0 Å². The number of carbonyl (C=O) groups is 2. The largest absolute Gasteiger partial charge is 0.445 e. The quantitative estimate of drug-likeness (QED) is 0.578. The molecule has 2 rings (SSSR count). The van der Waals surface area contributed by atoms with Crippen molar-refractivity contribution in [1.82, 2.24) is 15.6 Å². The van der Waals surface area contributed by atoms with Crippen molar-refractivity contribution in [2.45, 2.75) is 45.1 Å². The van der Waals surface area contributed by atoms with Crippen molar-refractivity contribution in [3.05, 3.63) is 66.0 Å². The number of halogens is 2. The maximum Gasteiger partial charge on any atom is 0.407 e. The number of hydrogen-bond acceptors (Lipinski definition) is 5. The SMILES string of the molecule is CC(C)[C@H](NC(=O)OCc1ccccc1)[C@@H](O)C(F)(F)C(=O)NCc1ccccn1. The van der Waals surface area contributed by atoms with E-state index in [1.165, 1.54) is 20.0 Å². The Morgan fingerprint density at radius 2 is 1.80 bits per heavy atom. The van der Waals surface area contributed by atoms with E-state index in [1.54, 1.807) is 48.5 Å². The molecule has 2 aromatic rings. The Bertz CT molecular complexity index is 820. The highest BCUT2D eigenvalue weighted by Gasteiger charge is 2.51. The summed E-state index contributed by atoms with van der Waals surface area (Å²) in [4.78, 5) is 28.0. The van der Waals surface area contributed by atoms with Crippen LogP contribution >= 0.6 is 0 Å². The number of hydrogen-bond donors (Lipinski definition) is 3. The fourth-order valence-corrected chi connectivity index (χ4v) is 2.66. The van der Waals surface area contributed by atoms with Crippen LogP contribution < -0.4 is 10.6 Å². The van der Waals surface area contributed by atoms with E-state index in [9.17, 15) is 23.5 Å². The van der Waals surface area contributed by atoms with Gasteiger partial charge < -0.3 is 20.5 Å². The molecule has 1 aromatic carbocycles. The molecule has 9 heteroatoms. The molecule has 0 unspecified atom stereocenters. The van der Waals surface area contributed by atoms with E-state index in [2.05, 4.69) is 15.6 Å². The fourth-order valence-electron chi connectivity index (χ4n) is 2.66. The minimum absolute atomic E-state index is 0.0610. The molecule has 0 radical (unpaired) electrons. The lowest BCUT2D eigenvalue weighted by Gasteiger charge is -2.31. The highest BCUT2D eigenvalue weighted by Crippen LogP contribution is 2.25. The van der Waals surface area contributed by atoms with Crippen LogP contribution in [-0.4, -0.2) is 40.2 Å². The van der Waals surface area contributed by atoms with Crippen molar-refractivity contribution >= 4 is 12.0 Å². The monoisotopic (exact) mass is 421 g/mol. The fraction of sp³-hybridized carbons (Fsp3) is 0.381. The van der Waals surface area contributed by atoms with Gasteiger partial charge in [-0.25, -0.2) is 4.79 Å². The Morgan fingerprint density at radius 1 is 1.13 bits per heavy atom. The Kier molecular flexibility index (Phi) is 8.23. The molecule has 0 fully saturated rings. The standard InChI is InChI=1S/C21H25F2N3O4/c1-14(2)17(26-20(29)30-13-15-8-4-3-5-9-15)18(27)21(22,23)19(28)25-12-16-10-6-7-11-24-16/h3-11,14,17-18,27H,12-13H2,1-2H3,(H,25,28)(H,26,29)/t17-,18+/m0/s1. The van der Waals surface area contributed by atoms with E-state index in [0.717, 1.165) is 0 Å². The molecule has 0 bridgehead atoms. The summed E-state index contributed by atoms with van der Waals surface area (Å²) in [5.74, 6) is -6.40. The van der Waals surface area contributed by atoms with E-state index in [4.69, 9.17) is 4.74 Å². The van der Waals surface area contributed by atoms with Crippen LogP contribution in [0.3, 0.4) is 0 Å². The molecular formula is C21H25F2N3O4. The summed E-state index contributed by atoms with van der Waals surface area (Å²) in [7, 11) is 0. The number of benzene rings is 1. The lowest BCUT2D eigenvalue weighted by Crippen LogP contribution is -2.59. The molecule has 2 amide bonds. The van der Waals surface area contributed by atoms with Crippen LogP contribution in [-0.2, 0) is 22.7 Å². The highest BCUT2D eigenvalue weighted by atomic mass is 19.3. The number of alkyl carbamates (subject to hydrolysis) is 1. The van der Waals surface area contributed by atoms with Gasteiger partial charge in [0.2, 0.25) is 0 Å². The van der Waals surface area contributed by atoms with Crippen LogP contribution in [0.1, 0.15) is 25.1 Å². The zero-order chi connectivity index (χ0) is 22.1. The van der Waals surface area contributed by atoms with Crippen molar-refractivity contribution in [1.29, 1.82) is 0 Å². The summed E-state index contributed by atoms with van der Waals surface area (Å²) in [6.45, 7) is 2.79. The number of pyridine rings is 1. The van der Waals surface area contributed by atoms with Gasteiger partial charge in [-0.3, -0.25) is 9.78 Å². The first-order valence-electron chi connectivity index (χ1n) is 9.43. The Morgan fingerprint density at radius 3 is 2.40 bits per heavy atom. The normalized spacial score (nSPS) is 13.4. The zero-order valence-electron chi connectivity index (χ0n) is 16.7. The minimum Gasteiger partial charge on any atom is -0.445 e. The number of aliphatic hydroxyl groups is 1. The Labute approximate surface area is 173 Å². The number of carbonyl (C=O) groups excluding carboxylic acids is 2. The van der Waals surface area contributed by atoms with Gasteiger partial charge in [-0.15, -0.1) is 0 Å². The van der Waals surface area contributed by atoms with E-state index >= 15 is 0 Å². The first kappa shape index (κ1) is 23.2. The summed E-state index contributed by atoms with van der Waals surface area (Å²) in [5.41, 5.74) is 1.10. The second kappa shape index (κ2) is 10.6. The van der Waals surface area contributed by atoms with Crippen LogP contribution in [0.5, 0.6) is 0 Å². The number of aromatic nitrogens is 1. The average molecular weight is 421 g/mol. The molecular weight excluding hydrogens is 396 g/mol. The van der Waals surface area contributed by atoms with Gasteiger partial charge in [0.15, 0.2) is 0 Å². The molecule has 1 heterocycles. The van der Waals surface area contributed by atoms with E-state index in [-0.39, 0.29) is 13.2 Å². The van der Waals surface area contributed by atoms with Crippen molar-refractivity contribution < 1.29 is 28.2 Å². The lowest BCUT2D eigenvalue weighted by atomic mass is 9.94. The second-order valence-electron chi connectivity index (χ2n) is 7.05. The van der Waals surface area contributed by atoms with Crippen molar-refractivity contribution in [3.63, 3.8) is 0 Å². The Balaban J connectivity index is 1.96. The van der Waals surface area contributed by atoms with Gasteiger partial charge in [-0.2, -0.15) is 8.78 Å². The predicted octanol–water partition coefficient (Wildman–Crippen LogP) is 2.65. The summed E-state index contributed by atoms with van der Waals surface area (Å²) in [6, 6.07) is 12.3. The molecule has 7 nitrogen and oxygen atoms in total. The number of ether oxygens (including phenoxy) is 1. The molecule has 0 saturated carbocycles. The molecule has 162 valence electrons. The Hall–Kier alpha value is -3.07. The van der Waals surface area contributed by atoms with Crippen LogP contribution in [0, 0.1) is 5.92 Å².